The first-order valence-corrected chi connectivity index (χ1v) is 9.99. The van der Waals surface area contributed by atoms with Crippen LogP contribution in [0.15, 0.2) is 93.5 Å². The molecule has 0 spiro atoms. The van der Waals surface area contributed by atoms with E-state index in [0.717, 1.165) is 11.1 Å². The van der Waals surface area contributed by atoms with Gasteiger partial charge in [0.1, 0.15) is 23.0 Å². The number of methoxy groups -OCH3 is 1. The van der Waals surface area contributed by atoms with Crippen LogP contribution in [0.1, 0.15) is 17.0 Å². The van der Waals surface area contributed by atoms with E-state index in [9.17, 15) is 10.1 Å². The van der Waals surface area contributed by atoms with E-state index in [-0.39, 0.29) is 17.0 Å². The van der Waals surface area contributed by atoms with Crippen molar-refractivity contribution >= 4 is 11.0 Å². The van der Waals surface area contributed by atoms with E-state index < -0.39 is 11.5 Å². The summed E-state index contributed by atoms with van der Waals surface area (Å²) in [5.41, 5.74) is 8.87. The van der Waals surface area contributed by atoms with E-state index in [1.54, 1.807) is 25.3 Å². The Bertz CT molecular complexity index is 1480. The first-order valence-electron chi connectivity index (χ1n) is 9.99. The smallest absolute Gasteiger partial charge is 0.344 e. The summed E-state index contributed by atoms with van der Waals surface area (Å²) in [6, 6.07) is 24.5. The van der Waals surface area contributed by atoms with Crippen LogP contribution in [0, 0.1) is 11.3 Å². The number of nitriles is 1. The normalized spacial score (nSPS) is 15.1. The standard InChI is InChI=1S/C26H18N2O4/c1-30-20-12-11-16(13-18(20)15-7-3-2-4-8-15)22-19(14-27)25(28)32-24-17-9-5-6-10-21(17)31-26(29)23(22)24/h2-13,22H,28H2,1H3. The number of hydrogen-bond acceptors (Lipinski definition) is 6. The molecule has 156 valence electrons. The second-order valence-corrected chi connectivity index (χ2v) is 7.38. The second kappa shape index (κ2) is 7.64. The third kappa shape index (κ3) is 2.99. The van der Waals surface area contributed by atoms with Crippen LogP contribution in [0.5, 0.6) is 11.5 Å². The Morgan fingerprint density at radius 2 is 1.78 bits per heavy atom. The predicted octanol–water partition coefficient (Wildman–Crippen LogP) is 4.69. The molecule has 0 amide bonds. The van der Waals surface area contributed by atoms with Gasteiger partial charge in [0.25, 0.3) is 0 Å². The van der Waals surface area contributed by atoms with Gasteiger partial charge in [0.2, 0.25) is 5.88 Å². The van der Waals surface area contributed by atoms with Gasteiger partial charge in [-0.2, -0.15) is 5.26 Å². The summed E-state index contributed by atoms with van der Waals surface area (Å²) in [4.78, 5) is 13.1. The maximum Gasteiger partial charge on any atom is 0.344 e. The van der Waals surface area contributed by atoms with Crippen molar-refractivity contribution in [3.63, 3.8) is 0 Å². The van der Waals surface area contributed by atoms with Crippen molar-refractivity contribution in [3.05, 3.63) is 106 Å². The molecule has 0 radical (unpaired) electrons. The number of fused-ring (bicyclic) bond motifs is 3. The second-order valence-electron chi connectivity index (χ2n) is 7.38. The number of nitrogens with two attached hydrogens (primary N) is 1. The van der Waals surface area contributed by atoms with Crippen molar-refractivity contribution in [1.29, 1.82) is 5.26 Å². The molecule has 1 atom stereocenters. The molecule has 5 rings (SSSR count). The van der Waals surface area contributed by atoms with E-state index >= 15 is 0 Å². The van der Waals surface area contributed by atoms with Crippen molar-refractivity contribution in [2.45, 2.75) is 5.92 Å². The molecular formula is C26H18N2O4. The molecule has 1 aliphatic rings. The molecule has 0 fully saturated rings. The lowest BCUT2D eigenvalue weighted by Crippen LogP contribution is -2.26. The number of allylic oxidation sites excluding steroid dienone is 1. The number of rotatable bonds is 3. The zero-order valence-electron chi connectivity index (χ0n) is 17.2. The Balaban J connectivity index is 1.80. The number of para-hydroxylation sites is 1. The van der Waals surface area contributed by atoms with Gasteiger partial charge in [-0.1, -0.05) is 48.5 Å². The van der Waals surface area contributed by atoms with Crippen LogP contribution in [0.4, 0.5) is 0 Å². The van der Waals surface area contributed by atoms with Gasteiger partial charge < -0.3 is 19.6 Å². The van der Waals surface area contributed by atoms with Crippen molar-refractivity contribution in [3.8, 4) is 28.7 Å². The van der Waals surface area contributed by atoms with Gasteiger partial charge in [-0.25, -0.2) is 4.79 Å². The van der Waals surface area contributed by atoms with Crippen molar-refractivity contribution in [2.24, 2.45) is 5.73 Å². The van der Waals surface area contributed by atoms with Gasteiger partial charge in [0.05, 0.1) is 24.0 Å². The van der Waals surface area contributed by atoms with E-state index in [1.165, 1.54) is 0 Å². The van der Waals surface area contributed by atoms with E-state index in [4.69, 9.17) is 19.6 Å². The fraction of sp³-hybridized carbons (Fsp3) is 0.0769. The average molecular weight is 422 g/mol. The number of hydrogen-bond donors (Lipinski definition) is 1. The maximum absolute atomic E-state index is 13.1. The Labute approximate surface area is 183 Å². The van der Waals surface area contributed by atoms with Gasteiger partial charge in [-0.15, -0.1) is 0 Å². The molecule has 3 aromatic carbocycles. The highest BCUT2D eigenvalue weighted by molar-refractivity contribution is 5.86. The molecule has 0 aliphatic carbocycles. The van der Waals surface area contributed by atoms with Gasteiger partial charge >= 0.3 is 5.63 Å². The maximum atomic E-state index is 13.1. The molecule has 1 aliphatic heterocycles. The first-order chi connectivity index (χ1) is 15.6. The van der Waals surface area contributed by atoms with Crippen molar-refractivity contribution < 1.29 is 13.9 Å². The Hall–Kier alpha value is -4.50. The summed E-state index contributed by atoms with van der Waals surface area (Å²) in [5.74, 6) is 0.222. The zero-order chi connectivity index (χ0) is 22.2. The average Bonchev–Trinajstić information content (AvgIpc) is 2.83. The van der Waals surface area contributed by atoms with Crippen LogP contribution < -0.4 is 20.8 Å². The lowest BCUT2D eigenvalue weighted by atomic mass is 9.82. The third-order valence-electron chi connectivity index (χ3n) is 5.62. The quantitative estimate of drug-likeness (QED) is 0.481. The fourth-order valence-corrected chi connectivity index (χ4v) is 4.15. The molecule has 6 heteroatoms. The molecule has 32 heavy (non-hydrogen) atoms. The highest BCUT2D eigenvalue weighted by atomic mass is 16.5. The molecule has 2 N–H and O–H groups in total. The predicted molar refractivity (Wildman–Crippen MR) is 120 cm³/mol. The monoisotopic (exact) mass is 422 g/mol. The molecule has 0 saturated carbocycles. The van der Waals surface area contributed by atoms with Gasteiger partial charge in [-0.3, -0.25) is 0 Å². The molecule has 1 aromatic heterocycles. The van der Waals surface area contributed by atoms with Crippen molar-refractivity contribution in [1.82, 2.24) is 0 Å². The van der Waals surface area contributed by atoms with E-state index in [2.05, 4.69) is 6.07 Å². The summed E-state index contributed by atoms with van der Waals surface area (Å²) in [7, 11) is 1.60. The third-order valence-corrected chi connectivity index (χ3v) is 5.62. The molecule has 4 aromatic rings. The summed E-state index contributed by atoms with van der Waals surface area (Å²) >= 11 is 0. The summed E-state index contributed by atoms with van der Waals surface area (Å²) in [6.45, 7) is 0. The van der Waals surface area contributed by atoms with Crippen LogP contribution in [-0.4, -0.2) is 7.11 Å². The first kappa shape index (κ1) is 19.5. The van der Waals surface area contributed by atoms with Crippen LogP contribution in [0.3, 0.4) is 0 Å². The van der Waals surface area contributed by atoms with Crippen LogP contribution >= 0.6 is 0 Å². The zero-order valence-corrected chi connectivity index (χ0v) is 17.2. The van der Waals surface area contributed by atoms with Crippen LogP contribution in [0.2, 0.25) is 0 Å². The molecule has 6 nitrogen and oxygen atoms in total. The Kier molecular flexibility index (Phi) is 4.65. The lowest BCUT2D eigenvalue weighted by molar-refractivity contribution is 0.388. The minimum absolute atomic E-state index is 0.0298. The largest absolute Gasteiger partial charge is 0.496 e. The molecule has 0 bridgehead atoms. The van der Waals surface area contributed by atoms with Crippen LogP contribution in [0.25, 0.3) is 22.1 Å². The van der Waals surface area contributed by atoms with Crippen molar-refractivity contribution in [2.75, 3.05) is 7.11 Å². The topological polar surface area (TPSA) is 98.5 Å². The Morgan fingerprint density at radius 1 is 1.03 bits per heavy atom. The number of nitrogens with zero attached hydrogens (tertiary/aromatic N) is 1. The Morgan fingerprint density at radius 3 is 2.53 bits per heavy atom. The molecule has 2 heterocycles. The number of benzene rings is 3. The lowest BCUT2D eigenvalue weighted by Gasteiger charge is -2.26. The van der Waals surface area contributed by atoms with Gasteiger partial charge in [-0.05, 0) is 35.4 Å². The highest BCUT2D eigenvalue weighted by Crippen LogP contribution is 2.45. The minimum Gasteiger partial charge on any atom is -0.496 e. The van der Waals surface area contributed by atoms with Crippen LogP contribution in [-0.2, 0) is 0 Å². The summed E-state index contributed by atoms with van der Waals surface area (Å²) in [6.07, 6.45) is 0. The van der Waals surface area contributed by atoms with E-state index in [1.807, 2.05) is 54.6 Å². The minimum atomic E-state index is -0.738. The number of ether oxygens (including phenoxy) is 2. The fourth-order valence-electron chi connectivity index (χ4n) is 4.15. The highest BCUT2D eigenvalue weighted by Gasteiger charge is 2.35. The SMILES string of the molecule is COc1ccc(C2C(C#N)=C(N)Oc3c2c(=O)oc2ccccc32)cc1-c1ccccc1. The molecular weight excluding hydrogens is 404 g/mol. The summed E-state index contributed by atoms with van der Waals surface area (Å²) < 4.78 is 16.9. The summed E-state index contributed by atoms with van der Waals surface area (Å²) in [5, 5.41) is 10.5. The molecule has 0 saturated heterocycles. The van der Waals surface area contributed by atoms with Gasteiger partial charge in [0, 0.05) is 5.56 Å². The van der Waals surface area contributed by atoms with Gasteiger partial charge in [0.15, 0.2) is 5.75 Å². The molecule has 1 unspecified atom stereocenters. The van der Waals surface area contributed by atoms with E-state index in [0.29, 0.717) is 28.0 Å².